The second-order valence-corrected chi connectivity index (χ2v) is 5.26. The van der Waals surface area contributed by atoms with E-state index in [9.17, 15) is 4.79 Å². The number of nitrogens with zero attached hydrogens (tertiary/aromatic N) is 2. The van der Waals surface area contributed by atoms with E-state index in [0.717, 1.165) is 26.1 Å². The van der Waals surface area contributed by atoms with Crippen LogP contribution in [0.25, 0.3) is 0 Å². The van der Waals surface area contributed by atoms with Crippen LogP contribution in [0.5, 0.6) is 0 Å². The lowest BCUT2D eigenvalue weighted by atomic mass is 10.0. The minimum Gasteiger partial charge on any atom is -0.341 e. The molecular weight excluding hydrogens is 214 g/mol. The summed E-state index contributed by atoms with van der Waals surface area (Å²) in [5.41, 5.74) is 0. The predicted octanol–water partition coefficient (Wildman–Crippen LogP) is 0.927. The number of carbonyl (C=O) groups excluding carboxylic acids is 1. The van der Waals surface area contributed by atoms with Gasteiger partial charge in [-0.05, 0) is 40.4 Å². The van der Waals surface area contributed by atoms with Gasteiger partial charge in [0.1, 0.15) is 0 Å². The zero-order valence-corrected chi connectivity index (χ0v) is 11.7. The van der Waals surface area contributed by atoms with E-state index < -0.39 is 0 Å². The maximum Gasteiger partial charge on any atom is 0.224 e. The Labute approximate surface area is 105 Å². The van der Waals surface area contributed by atoms with Crippen molar-refractivity contribution in [3.8, 4) is 0 Å². The molecule has 1 saturated heterocycles. The summed E-state index contributed by atoms with van der Waals surface area (Å²) in [5, 5.41) is 3.29. The molecule has 0 radical (unpaired) electrons. The largest absolute Gasteiger partial charge is 0.341 e. The van der Waals surface area contributed by atoms with Crippen LogP contribution in [0.1, 0.15) is 33.1 Å². The van der Waals surface area contributed by atoms with Crippen molar-refractivity contribution in [2.24, 2.45) is 0 Å². The van der Waals surface area contributed by atoms with Crippen LogP contribution in [0.4, 0.5) is 0 Å². The van der Waals surface area contributed by atoms with Gasteiger partial charge in [0, 0.05) is 31.6 Å². The van der Waals surface area contributed by atoms with Crippen LogP contribution in [0.3, 0.4) is 0 Å². The number of likely N-dealkylation sites (N-methyl/N-ethyl adjacent to an activating group) is 1. The number of hydrogen-bond donors (Lipinski definition) is 1. The third-order valence-electron chi connectivity index (χ3n) is 3.51. The van der Waals surface area contributed by atoms with E-state index in [4.69, 9.17) is 0 Å². The molecule has 0 aromatic carbocycles. The Morgan fingerprint density at radius 1 is 1.53 bits per heavy atom. The topological polar surface area (TPSA) is 35.6 Å². The van der Waals surface area contributed by atoms with Crippen LogP contribution in [0.2, 0.25) is 0 Å². The molecule has 17 heavy (non-hydrogen) atoms. The Morgan fingerprint density at radius 2 is 2.24 bits per heavy atom. The molecule has 0 aromatic rings. The summed E-state index contributed by atoms with van der Waals surface area (Å²) in [4.78, 5) is 16.4. The third kappa shape index (κ3) is 4.64. The lowest BCUT2D eigenvalue weighted by Gasteiger charge is -2.36. The minimum absolute atomic E-state index is 0.284. The molecule has 0 saturated carbocycles. The molecule has 1 amide bonds. The number of piperidine rings is 1. The van der Waals surface area contributed by atoms with Gasteiger partial charge in [-0.15, -0.1) is 0 Å². The number of likely N-dealkylation sites (tertiary alicyclic amines) is 1. The molecular formula is C13H27N3O. The first-order valence-electron chi connectivity index (χ1n) is 6.72. The van der Waals surface area contributed by atoms with Crippen LogP contribution in [0, 0.1) is 0 Å². The fourth-order valence-corrected chi connectivity index (χ4v) is 2.41. The molecule has 1 fully saturated rings. The van der Waals surface area contributed by atoms with E-state index in [1.165, 1.54) is 6.42 Å². The van der Waals surface area contributed by atoms with Crippen molar-refractivity contribution in [2.75, 3.05) is 33.7 Å². The van der Waals surface area contributed by atoms with Crippen LogP contribution in [-0.2, 0) is 4.79 Å². The summed E-state index contributed by atoms with van der Waals surface area (Å²) in [6, 6.07) is 0.814. The van der Waals surface area contributed by atoms with Crippen LogP contribution in [0.15, 0.2) is 0 Å². The lowest BCUT2D eigenvalue weighted by Crippen LogP contribution is -2.48. The summed E-state index contributed by atoms with van der Waals surface area (Å²) in [7, 11) is 4.19. The Morgan fingerprint density at radius 3 is 2.82 bits per heavy atom. The van der Waals surface area contributed by atoms with Gasteiger partial charge in [-0.3, -0.25) is 4.79 Å². The number of hydrogen-bond acceptors (Lipinski definition) is 3. The first-order valence-corrected chi connectivity index (χ1v) is 6.72. The molecule has 4 nitrogen and oxygen atoms in total. The lowest BCUT2D eigenvalue weighted by molar-refractivity contribution is -0.133. The van der Waals surface area contributed by atoms with Crippen LogP contribution < -0.4 is 5.32 Å². The number of amides is 1. The van der Waals surface area contributed by atoms with E-state index in [0.29, 0.717) is 18.4 Å². The monoisotopic (exact) mass is 241 g/mol. The predicted molar refractivity (Wildman–Crippen MR) is 71.0 cm³/mol. The van der Waals surface area contributed by atoms with E-state index in [1.54, 1.807) is 0 Å². The highest BCUT2D eigenvalue weighted by molar-refractivity contribution is 5.76. The Balaban J connectivity index is 2.40. The fraction of sp³-hybridized carbons (Fsp3) is 0.923. The standard InChI is InChI=1S/C13H27N3O/c1-5-14-11(2)9-13(17)16-8-6-7-12(10-16)15(3)4/h11-12,14H,5-10H2,1-4H3. The van der Waals surface area contributed by atoms with Crippen molar-refractivity contribution >= 4 is 5.91 Å². The fourth-order valence-electron chi connectivity index (χ4n) is 2.41. The van der Waals surface area contributed by atoms with E-state index in [-0.39, 0.29) is 6.04 Å². The van der Waals surface area contributed by atoms with Gasteiger partial charge in [0.25, 0.3) is 0 Å². The highest BCUT2D eigenvalue weighted by atomic mass is 16.2. The number of rotatable bonds is 5. The van der Waals surface area contributed by atoms with E-state index in [2.05, 4.69) is 38.2 Å². The summed E-state index contributed by atoms with van der Waals surface area (Å²) in [6.45, 7) is 6.90. The molecule has 1 N–H and O–H groups in total. The van der Waals surface area contributed by atoms with Crippen molar-refractivity contribution in [2.45, 2.75) is 45.2 Å². The summed E-state index contributed by atoms with van der Waals surface area (Å²) < 4.78 is 0. The van der Waals surface area contributed by atoms with E-state index >= 15 is 0 Å². The first-order chi connectivity index (χ1) is 8.04. The Kier molecular flexibility index (Phi) is 5.92. The van der Waals surface area contributed by atoms with Crippen LogP contribution >= 0.6 is 0 Å². The average molecular weight is 241 g/mol. The van der Waals surface area contributed by atoms with Crippen LogP contribution in [-0.4, -0.2) is 61.5 Å². The van der Waals surface area contributed by atoms with Gasteiger partial charge >= 0.3 is 0 Å². The molecule has 2 unspecified atom stereocenters. The summed E-state index contributed by atoms with van der Waals surface area (Å²) in [6.07, 6.45) is 2.96. The van der Waals surface area contributed by atoms with E-state index in [1.807, 2.05) is 4.90 Å². The SMILES string of the molecule is CCNC(C)CC(=O)N1CCCC(N(C)C)C1. The minimum atomic E-state index is 0.284. The molecule has 1 rings (SSSR count). The molecule has 1 aliphatic heterocycles. The van der Waals surface area contributed by atoms with Gasteiger partial charge in [-0.25, -0.2) is 0 Å². The molecule has 0 spiro atoms. The molecule has 0 aliphatic carbocycles. The zero-order valence-electron chi connectivity index (χ0n) is 11.7. The zero-order chi connectivity index (χ0) is 12.8. The summed E-state index contributed by atoms with van der Waals surface area (Å²) >= 11 is 0. The molecule has 1 heterocycles. The summed E-state index contributed by atoms with van der Waals surface area (Å²) in [5.74, 6) is 0.296. The Hall–Kier alpha value is -0.610. The normalized spacial score (nSPS) is 22.9. The van der Waals surface area contributed by atoms with Gasteiger partial charge < -0.3 is 15.1 Å². The van der Waals surface area contributed by atoms with Gasteiger partial charge in [0.2, 0.25) is 5.91 Å². The van der Waals surface area contributed by atoms with Gasteiger partial charge in [-0.1, -0.05) is 6.92 Å². The highest BCUT2D eigenvalue weighted by Crippen LogP contribution is 2.14. The number of nitrogens with one attached hydrogen (secondary N) is 1. The van der Waals surface area contributed by atoms with Crippen molar-refractivity contribution in [3.05, 3.63) is 0 Å². The maximum atomic E-state index is 12.1. The van der Waals surface area contributed by atoms with Crippen molar-refractivity contribution in [1.82, 2.24) is 15.1 Å². The highest BCUT2D eigenvalue weighted by Gasteiger charge is 2.25. The smallest absolute Gasteiger partial charge is 0.224 e. The van der Waals surface area contributed by atoms with Crippen molar-refractivity contribution < 1.29 is 4.79 Å². The maximum absolute atomic E-state index is 12.1. The van der Waals surface area contributed by atoms with Gasteiger partial charge in [0.05, 0.1) is 0 Å². The van der Waals surface area contributed by atoms with Gasteiger partial charge in [0.15, 0.2) is 0 Å². The molecule has 0 bridgehead atoms. The van der Waals surface area contributed by atoms with Crippen molar-refractivity contribution in [1.29, 1.82) is 0 Å². The molecule has 2 atom stereocenters. The Bertz CT molecular complexity index is 243. The van der Waals surface area contributed by atoms with Crippen molar-refractivity contribution in [3.63, 3.8) is 0 Å². The molecule has 0 aromatic heterocycles. The molecule has 100 valence electrons. The average Bonchev–Trinajstić information content (AvgIpc) is 2.29. The first kappa shape index (κ1) is 14.5. The molecule has 4 heteroatoms. The number of carbonyl (C=O) groups is 1. The quantitative estimate of drug-likeness (QED) is 0.778. The van der Waals surface area contributed by atoms with Gasteiger partial charge in [-0.2, -0.15) is 0 Å². The molecule has 1 aliphatic rings. The second-order valence-electron chi connectivity index (χ2n) is 5.26. The third-order valence-corrected chi connectivity index (χ3v) is 3.51. The second kappa shape index (κ2) is 6.97.